The maximum absolute atomic E-state index is 12.9. The van der Waals surface area contributed by atoms with Crippen LogP contribution in [0.25, 0.3) is 44.3 Å². The summed E-state index contributed by atoms with van der Waals surface area (Å²) >= 11 is 0. The van der Waals surface area contributed by atoms with Crippen molar-refractivity contribution in [3.63, 3.8) is 0 Å². The van der Waals surface area contributed by atoms with Crippen LogP contribution in [0.3, 0.4) is 0 Å². The Morgan fingerprint density at radius 2 is 1.31 bits per heavy atom. The summed E-state index contributed by atoms with van der Waals surface area (Å²) in [6, 6.07) is 14.7. The van der Waals surface area contributed by atoms with E-state index in [9.17, 15) is 14.4 Å². The number of hydrogen-bond acceptors (Lipinski definition) is 8. The SMILES string of the molecule is CCc1c(CC)c2[nH]c1cc1nc(cc3[nH]c(cc4nc(c2-c2ccccc2CC(=O)OC)C(CC)C4CC)c(C)c3CCCC(=O)OC)C(CCCC(=O)OC)=C1C. The zero-order valence-corrected chi connectivity index (χ0v) is 36.3. The van der Waals surface area contributed by atoms with Crippen molar-refractivity contribution in [1.82, 2.24) is 19.9 Å². The number of nitrogens with one attached hydrogen (secondary N) is 2. The van der Waals surface area contributed by atoms with E-state index in [0.717, 1.165) is 109 Å². The molecule has 4 aromatic rings. The molecule has 3 aromatic heterocycles. The molecule has 0 radical (unpaired) electrons. The lowest BCUT2D eigenvalue weighted by Crippen LogP contribution is -2.08. The first-order valence-corrected chi connectivity index (χ1v) is 21.3. The molecule has 59 heavy (non-hydrogen) atoms. The molecule has 0 fully saturated rings. The van der Waals surface area contributed by atoms with Crippen molar-refractivity contribution in [1.29, 1.82) is 0 Å². The minimum Gasteiger partial charge on any atom is -0.469 e. The fraction of sp³-hybridized carbons (Fsp3) is 0.449. The molecule has 0 saturated heterocycles. The van der Waals surface area contributed by atoms with Gasteiger partial charge in [-0.1, -0.05) is 52.0 Å². The highest BCUT2D eigenvalue weighted by atomic mass is 16.5. The number of hydrogen-bond donors (Lipinski definition) is 2. The molecule has 312 valence electrons. The van der Waals surface area contributed by atoms with Crippen LogP contribution in [0.2, 0.25) is 0 Å². The van der Waals surface area contributed by atoms with E-state index < -0.39 is 0 Å². The quantitative estimate of drug-likeness (QED) is 0.0896. The van der Waals surface area contributed by atoms with Gasteiger partial charge < -0.3 is 24.2 Å². The van der Waals surface area contributed by atoms with E-state index in [1.165, 1.54) is 32.5 Å². The van der Waals surface area contributed by atoms with E-state index in [1.54, 1.807) is 0 Å². The van der Waals surface area contributed by atoms with Crippen LogP contribution in [0.4, 0.5) is 0 Å². The van der Waals surface area contributed by atoms with Gasteiger partial charge in [0.2, 0.25) is 0 Å². The number of aromatic nitrogens is 4. The van der Waals surface area contributed by atoms with E-state index in [1.807, 2.05) is 18.2 Å². The van der Waals surface area contributed by atoms with Crippen LogP contribution in [0.5, 0.6) is 0 Å². The first kappa shape index (κ1) is 43.1. The minimum absolute atomic E-state index is 0.128. The molecule has 5 heterocycles. The minimum atomic E-state index is -0.294. The van der Waals surface area contributed by atoms with E-state index >= 15 is 0 Å². The average Bonchev–Trinajstić information content (AvgIpc) is 3.95. The summed E-state index contributed by atoms with van der Waals surface area (Å²) in [5.74, 6) is -0.471. The molecule has 0 saturated carbocycles. The molecule has 1 aromatic carbocycles. The van der Waals surface area contributed by atoms with Crippen LogP contribution in [0, 0.1) is 6.92 Å². The molecule has 2 unspecified atom stereocenters. The normalized spacial score (nSPS) is 15.1. The second-order valence-corrected chi connectivity index (χ2v) is 15.6. The van der Waals surface area contributed by atoms with Crippen LogP contribution < -0.4 is 0 Å². The number of carbonyl (C=O) groups is 3. The van der Waals surface area contributed by atoms with Gasteiger partial charge in [-0.05, 0) is 128 Å². The molecule has 8 bridgehead atoms. The Hall–Kier alpha value is -5.51. The third kappa shape index (κ3) is 8.77. The molecule has 2 aliphatic rings. The van der Waals surface area contributed by atoms with Gasteiger partial charge in [0.15, 0.2) is 0 Å². The number of nitrogens with zero attached hydrogens (tertiary/aromatic N) is 2. The highest BCUT2D eigenvalue weighted by Crippen LogP contribution is 2.47. The van der Waals surface area contributed by atoms with E-state index in [0.29, 0.717) is 38.5 Å². The van der Waals surface area contributed by atoms with Crippen LogP contribution in [0.1, 0.15) is 142 Å². The standard InChI is InChI=1S/C49H60N4O6/c1-10-31-33(12-3)48-47(37-19-15-14-18-30(37)24-46(56)59-9)49-34(13-4)32(11-2)41(53-49)26-39-29(6)36(21-17-23-45(55)58-8)43(51-39)27-42-35(20-16-22-44(54)57-7)28(5)38(50-42)25-40(31)52-48/h14-15,18-19,25-27,31,33,50,53H,10-13,16-17,20-24H2,1-9H3. The molecule has 0 aliphatic carbocycles. The second-order valence-electron chi connectivity index (χ2n) is 15.6. The molecule has 6 rings (SSSR count). The molecule has 10 nitrogen and oxygen atoms in total. The third-order valence-corrected chi connectivity index (χ3v) is 12.4. The Bertz CT molecular complexity index is 2440. The number of aromatic amines is 2. The van der Waals surface area contributed by atoms with Crippen LogP contribution in [-0.4, -0.2) is 59.2 Å². The summed E-state index contributed by atoms with van der Waals surface area (Å²) in [4.78, 5) is 56.0. The number of esters is 3. The van der Waals surface area contributed by atoms with Gasteiger partial charge in [-0.2, -0.15) is 0 Å². The van der Waals surface area contributed by atoms with Crippen molar-refractivity contribution in [2.75, 3.05) is 21.3 Å². The number of aryl methyl sites for hydroxylation is 4. The van der Waals surface area contributed by atoms with E-state index in [2.05, 4.69) is 75.8 Å². The summed E-state index contributed by atoms with van der Waals surface area (Å²) in [7, 11) is 4.28. The number of methoxy groups -OCH3 is 3. The highest BCUT2D eigenvalue weighted by Gasteiger charge is 2.34. The van der Waals surface area contributed by atoms with Gasteiger partial charge in [-0.3, -0.25) is 19.4 Å². The van der Waals surface area contributed by atoms with Crippen molar-refractivity contribution in [3.05, 3.63) is 93.1 Å². The smallest absolute Gasteiger partial charge is 0.309 e. The van der Waals surface area contributed by atoms with Crippen molar-refractivity contribution in [3.8, 4) is 11.1 Å². The topological polar surface area (TPSA) is 136 Å². The molecule has 2 atom stereocenters. The zero-order chi connectivity index (χ0) is 42.4. The Morgan fingerprint density at radius 3 is 1.95 bits per heavy atom. The van der Waals surface area contributed by atoms with Gasteiger partial charge in [0.05, 0.1) is 50.3 Å². The Labute approximate surface area is 348 Å². The molecular weight excluding hydrogens is 741 g/mol. The number of H-pyrrole nitrogens is 2. The predicted molar refractivity (Wildman–Crippen MR) is 235 cm³/mol. The van der Waals surface area contributed by atoms with Gasteiger partial charge in [-0.15, -0.1) is 0 Å². The summed E-state index contributed by atoms with van der Waals surface area (Å²) in [5, 5.41) is 0. The van der Waals surface area contributed by atoms with E-state index in [-0.39, 0.29) is 36.2 Å². The van der Waals surface area contributed by atoms with Gasteiger partial charge in [-0.25, -0.2) is 4.98 Å². The lowest BCUT2D eigenvalue weighted by atomic mass is 9.82. The number of rotatable bonds is 15. The monoisotopic (exact) mass is 800 g/mol. The number of benzene rings is 1. The lowest BCUT2D eigenvalue weighted by molar-refractivity contribution is -0.141. The number of fused-ring (bicyclic) bond motifs is 8. The first-order valence-electron chi connectivity index (χ1n) is 21.3. The van der Waals surface area contributed by atoms with Crippen LogP contribution >= 0.6 is 0 Å². The Kier molecular flexibility index (Phi) is 13.9. The molecule has 10 heteroatoms. The Balaban J connectivity index is 1.79. The fourth-order valence-electron chi connectivity index (χ4n) is 9.25. The summed E-state index contributed by atoms with van der Waals surface area (Å²) in [6.07, 6.45) is 6.75. The molecule has 2 aliphatic heterocycles. The lowest BCUT2D eigenvalue weighted by Gasteiger charge is -2.20. The number of allylic oxidation sites excluding steroid dienone is 2. The van der Waals surface area contributed by atoms with Gasteiger partial charge in [0.1, 0.15) is 0 Å². The van der Waals surface area contributed by atoms with E-state index in [4.69, 9.17) is 24.2 Å². The second kappa shape index (κ2) is 19.0. The summed E-state index contributed by atoms with van der Waals surface area (Å²) in [6.45, 7) is 13.1. The van der Waals surface area contributed by atoms with Gasteiger partial charge >= 0.3 is 17.9 Å². The molecule has 2 N–H and O–H groups in total. The first-order chi connectivity index (χ1) is 28.5. The van der Waals surface area contributed by atoms with Crippen molar-refractivity contribution in [2.24, 2.45) is 0 Å². The van der Waals surface area contributed by atoms with Gasteiger partial charge in [0, 0.05) is 52.5 Å². The summed E-state index contributed by atoms with van der Waals surface area (Å²) < 4.78 is 15.2. The fourth-order valence-corrected chi connectivity index (χ4v) is 9.25. The molecule has 0 amide bonds. The number of carbonyl (C=O) groups excluding carboxylic acids is 3. The summed E-state index contributed by atoms with van der Waals surface area (Å²) in [5.41, 5.74) is 17.4. The van der Waals surface area contributed by atoms with Gasteiger partial charge in [0.25, 0.3) is 0 Å². The zero-order valence-electron chi connectivity index (χ0n) is 36.3. The average molecular weight is 801 g/mol. The largest absolute Gasteiger partial charge is 0.469 e. The number of ether oxygens (including phenoxy) is 3. The Morgan fingerprint density at radius 1 is 0.678 bits per heavy atom. The maximum Gasteiger partial charge on any atom is 0.309 e. The van der Waals surface area contributed by atoms with Crippen LogP contribution in [0.15, 0.2) is 42.5 Å². The van der Waals surface area contributed by atoms with Crippen LogP contribution in [-0.2, 0) is 54.3 Å². The van der Waals surface area contributed by atoms with Crippen molar-refractivity contribution >= 4 is 51.1 Å². The molecular formula is C49H60N4O6. The van der Waals surface area contributed by atoms with Crippen molar-refractivity contribution in [2.45, 2.75) is 124 Å². The van der Waals surface area contributed by atoms with Crippen molar-refractivity contribution < 1.29 is 28.6 Å². The predicted octanol–water partition coefficient (Wildman–Crippen LogP) is 10.6. The highest BCUT2D eigenvalue weighted by molar-refractivity contribution is 5.95. The third-order valence-electron chi connectivity index (χ3n) is 12.4. The maximum atomic E-state index is 12.9. The molecule has 0 spiro atoms.